The minimum absolute atomic E-state index is 0.0977. The number of aromatic nitrogens is 1. The van der Waals surface area contributed by atoms with E-state index in [1.54, 1.807) is 24.4 Å². The van der Waals surface area contributed by atoms with Crippen LogP contribution in [0.5, 0.6) is 5.75 Å². The molecule has 0 spiro atoms. The number of carbonyl (C=O) groups excluding carboxylic acids is 1. The molecule has 1 aromatic heterocycles. The molecule has 0 radical (unpaired) electrons. The number of carbonyl (C=O) groups is 1. The van der Waals surface area contributed by atoms with E-state index in [4.69, 9.17) is 4.74 Å². The van der Waals surface area contributed by atoms with Gasteiger partial charge in [0, 0.05) is 18.0 Å². The van der Waals surface area contributed by atoms with Gasteiger partial charge in [0.05, 0.1) is 25.0 Å². The Kier molecular flexibility index (Phi) is 5.66. The molecule has 0 fully saturated rings. The highest BCUT2D eigenvalue weighted by molar-refractivity contribution is 7.14. The van der Waals surface area contributed by atoms with E-state index in [0.29, 0.717) is 22.1 Å². The number of benzene rings is 2. The van der Waals surface area contributed by atoms with Gasteiger partial charge in [0.25, 0.3) is 0 Å². The predicted molar refractivity (Wildman–Crippen MR) is 102 cm³/mol. The first-order chi connectivity index (χ1) is 13.0. The zero-order valence-corrected chi connectivity index (χ0v) is 15.5. The van der Waals surface area contributed by atoms with Crippen molar-refractivity contribution in [2.24, 2.45) is 0 Å². The fraction of sp³-hybridized carbons (Fsp3) is 0.158. The lowest BCUT2D eigenvalue weighted by Crippen LogP contribution is -2.30. The fourth-order valence-corrected chi connectivity index (χ4v) is 3.26. The molecule has 0 aliphatic rings. The van der Waals surface area contributed by atoms with Gasteiger partial charge in [0.1, 0.15) is 5.75 Å². The SMILES string of the molecule is COc1ccccc1N(C)CC(=O)Nc1nc(-c2ccc(F)c(F)c2)cs1. The molecular formula is C19H17F2N3O2S. The van der Waals surface area contributed by atoms with Crippen LogP contribution in [0.1, 0.15) is 0 Å². The van der Waals surface area contributed by atoms with Crippen molar-refractivity contribution >= 4 is 28.1 Å². The number of amides is 1. The summed E-state index contributed by atoms with van der Waals surface area (Å²) in [5.74, 6) is -1.44. The van der Waals surface area contributed by atoms with Crippen LogP contribution in [0.2, 0.25) is 0 Å². The van der Waals surface area contributed by atoms with Crippen LogP contribution in [-0.4, -0.2) is 31.6 Å². The van der Waals surface area contributed by atoms with Crippen LogP contribution in [0, 0.1) is 11.6 Å². The Morgan fingerprint density at radius 2 is 2.00 bits per heavy atom. The van der Waals surface area contributed by atoms with Crippen molar-refractivity contribution in [3.8, 4) is 17.0 Å². The molecule has 27 heavy (non-hydrogen) atoms. The summed E-state index contributed by atoms with van der Waals surface area (Å²) in [6, 6.07) is 11.0. The van der Waals surface area contributed by atoms with E-state index in [-0.39, 0.29) is 12.5 Å². The molecule has 0 atom stereocenters. The van der Waals surface area contributed by atoms with E-state index in [0.717, 1.165) is 17.8 Å². The fourth-order valence-electron chi connectivity index (χ4n) is 2.52. The summed E-state index contributed by atoms with van der Waals surface area (Å²) < 4.78 is 31.7. The van der Waals surface area contributed by atoms with Crippen LogP contribution in [0.3, 0.4) is 0 Å². The first-order valence-electron chi connectivity index (χ1n) is 8.03. The molecular weight excluding hydrogens is 372 g/mol. The quantitative estimate of drug-likeness (QED) is 0.687. The summed E-state index contributed by atoms with van der Waals surface area (Å²) >= 11 is 1.21. The molecule has 3 aromatic rings. The molecule has 1 heterocycles. The summed E-state index contributed by atoms with van der Waals surface area (Å²) in [6.45, 7) is 0.0977. The van der Waals surface area contributed by atoms with Gasteiger partial charge in [-0.1, -0.05) is 12.1 Å². The van der Waals surface area contributed by atoms with Crippen molar-refractivity contribution in [1.29, 1.82) is 0 Å². The van der Waals surface area contributed by atoms with Gasteiger partial charge < -0.3 is 15.0 Å². The number of ether oxygens (including phenoxy) is 1. The standard InChI is InChI=1S/C19H17F2N3O2S/c1-24(16-5-3-4-6-17(16)26-2)10-18(25)23-19-22-15(11-27-19)12-7-8-13(20)14(21)9-12/h3-9,11H,10H2,1-2H3,(H,22,23,25). The first-order valence-corrected chi connectivity index (χ1v) is 8.91. The number of nitrogens with zero attached hydrogens (tertiary/aromatic N) is 2. The lowest BCUT2D eigenvalue weighted by Gasteiger charge is -2.20. The second kappa shape index (κ2) is 8.13. The second-order valence-corrected chi connectivity index (χ2v) is 6.60. The number of hydrogen-bond donors (Lipinski definition) is 1. The second-order valence-electron chi connectivity index (χ2n) is 5.74. The average Bonchev–Trinajstić information content (AvgIpc) is 3.12. The monoisotopic (exact) mass is 389 g/mol. The molecule has 140 valence electrons. The minimum atomic E-state index is -0.940. The van der Waals surface area contributed by atoms with Gasteiger partial charge in [-0.25, -0.2) is 13.8 Å². The number of rotatable bonds is 6. The Balaban J connectivity index is 1.66. The summed E-state index contributed by atoms with van der Waals surface area (Å²) in [4.78, 5) is 18.3. The van der Waals surface area contributed by atoms with E-state index in [1.165, 1.54) is 17.4 Å². The van der Waals surface area contributed by atoms with Gasteiger partial charge in [-0.3, -0.25) is 4.79 Å². The predicted octanol–water partition coefficient (Wildman–Crippen LogP) is 4.17. The summed E-state index contributed by atoms with van der Waals surface area (Å²) in [5, 5.41) is 4.77. The lowest BCUT2D eigenvalue weighted by atomic mass is 10.2. The lowest BCUT2D eigenvalue weighted by molar-refractivity contribution is -0.114. The average molecular weight is 389 g/mol. The van der Waals surface area contributed by atoms with E-state index in [1.807, 2.05) is 24.3 Å². The number of thiazole rings is 1. The molecule has 2 aromatic carbocycles. The van der Waals surface area contributed by atoms with Crippen molar-refractivity contribution < 1.29 is 18.3 Å². The number of para-hydroxylation sites is 2. The Bertz CT molecular complexity index is 962. The third-order valence-corrected chi connectivity index (χ3v) is 4.60. The van der Waals surface area contributed by atoms with Gasteiger partial charge >= 0.3 is 0 Å². The van der Waals surface area contributed by atoms with Crippen LogP contribution in [0.15, 0.2) is 47.8 Å². The molecule has 0 bridgehead atoms. The maximum Gasteiger partial charge on any atom is 0.245 e. The topological polar surface area (TPSA) is 54.5 Å². The summed E-state index contributed by atoms with van der Waals surface area (Å²) in [6.07, 6.45) is 0. The first kappa shape index (κ1) is 18.8. The van der Waals surface area contributed by atoms with Crippen molar-refractivity contribution in [3.63, 3.8) is 0 Å². The normalized spacial score (nSPS) is 10.5. The molecule has 1 amide bonds. The molecule has 3 rings (SSSR count). The molecule has 8 heteroatoms. The highest BCUT2D eigenvalue weighted by atomic mass is 32.1. The Hall–Kier alpha value is -3.00. The molecule has 5 nitrogen and oxygen atoms in total. The zero-order chi connectivity index (χ0) is 19.4. The zero-order valence-electron chi connectivity index (χ0n) is 14.7. The van der Waals surface area contributed by atoms with Gasteiger partial charge in [-0.2, -0.15) is 0 Å². The number of nitrogens with one attached hydrogen (secondary N) is 1. The van der Waals surface area contributed by atoms with Crippen molar-refractivity contribution in [1.82, 2.24) is 4.98 Å². The van der Waals surface area contributed by atoms with Crippen LogP contribution in [-0.2, 0) is 4.79 Å². The number of halogens is 2. The molecule has 0 aliphatic carbocycles. The molecule has 0 aliphatic heterocycles. The van der Waals surface area contributed by atoms with E-state index in [9.17, 15) is 13.6 Å². The third kappa shape index (κ3) is 4.40. The smallest absolute Gasteiger partial charge is 0.245 e. The van der Waals surface area contributed by atoms with Gasteiger partial charge in [0.2, 0.25) is 5.91 Å². The van der Waals surface area contributed by atoms with Gasteiger partial charge in [0.15, 0.2) is 16.8 Å². The van der Waals surface area contributed by atoms with E-state index in [2.05, 4.69) is 10.3 Å². The molecule has 0 saturated heterocycles. The van der Waals surface area contributed by atoms with Crippen LogP contribution in [0.25, 0.3) is 11.3 Å². The van der Waals surface area contributed by atoms with Crippen LogP contribution >= 0.6 is 11.3 Å². The van der Waals surface area contributed by atoms with E-state index < -0.39 is 11.6 Å². The number of anilines is 2. The highest BCUT2D eigenvalue weighted by Gasteiger charge is 2.14. The van der Waals surface area contributed by atoms with E-state index >= 15 is 0 Å². The van der Waals surface area contributed by atoms with Gasteiger partial charge in [-0.05, 0) is 30.3 Å². The van der Waals surface area contributed by atoms with Crippen molar-refractivity contribution in [2.75, 3.05) is 30.9 Å². The molecule has 0 unspecified atom stereocenters. The summed E-state index contributed by atoms with van der Waals surface area (Å²) in [7, 11) is 3.36. The van der Waals surface area contributed by atoms with Crippen molar-refractivity contribution in [3.05, 3.63) is 59.5 Å². The highest BCUT2D eigenvalue weighted by Crippen LogP contribution is 2.28. The maximum atomic E-state index is 13.4. The molecule has 0 saturated carbocycles. The minimum Gasteiger partial charge on any atom is -0.495 e. The number of likely N-dealkylation sites (N-methyl/N-ethyl adjacent to an activating group) is 1. The van der Waals surface area contributed by atoms with Gasteiger partial charge in [-0.15, -0.1) is 11.3 Å². The van der Waals surface area contributed by atoms with Crippen molar-refractivity contribution in [2.45, 2.75) is 0 Å². The largest absolute Gasteiger partial charge is 0.495 e. The third-order valence-electron chi connectivity index (χ3n) is 3.84. The van der Waals surface area contributed by atoms with Crippen LogP contribution in [0.4, 0.5) is 19.6 Å². The summed E-state index contributed by atoms with van der Waals surface area (Å²) in [5.41, 5.74) is 1.70. The maximum absolute atomic E-state index is 13.4. The Labute approximate surface area is 159 Å². The Morgan fingerprint density at radius 3 is 2.74 bits per heavy atom. The van der Waals surface area contributed by atoms with Crippen LogP contribution < -0.4 is 15.0 Å². The Morgan fingerprint density at radius 1 is 1.22 bits per heavy atom. The number of methoxy groups -OCH3 is 1. The number of hydrogen-bond acceptors (Lipinski definition) is 5. The molecule has 1 N–H and O–H groups in total.